The number of hydrogen-bond acceptors (Lipinski definition) is 4. The van der Waals surface area contributed by atoms with Crippen molar-refractivity contribution >= 4 is 11.6 Å². The summed E-state index contributed by atoms with van der Waals surface area (Å²) in [6.07, 6.45) is 1.05. The van der Waals surface area contributed by atoms with Crippen LogP contribution < -0.4 is 15.4 Å². The molecule has 0 saturated carbocycles. The van der Waals surface area contributed by atoms with Crippen LogP contribution in [0.15, 0.2) is 47.5 Å². The Morgan fingerprint density at radius 1 is 1.16 bits per heavy atom. The molecule has 2 aliphatic heterocycles. The predicted octanol–water partition coefficient (Wildman–Crippen LogP) is 3.19. The maximum absolute atomic E-state index is 13.2. The van der Waals surface area contributed by atoms with E-state index in [0.29, 0.717) is 25.0 Å². The van der Waals surface area contributed by atoms with E-state index in [1.54, 1.807) is 0 Å². The Kier molecular flexibility index (Phi) is 6.92. The second-order valence-electron chi connectivity index (χ2n) is 8.28. The molecule has 31 heavy (non-hydrogen) atoms. The van der Waals surface area contributed by atoms with Gasteiger partial charge < -0.3 is 25.0 Å². The second-order valence-corrected chi connectivity index (χ2v) is 8.28. The lowest BCUT2D eigenvalue weighted by molar-refractivity contribution is 0.166. The zero-order chi connectivity index (χ0) is 21.6. The first-order valence-corrected chi connectivity index (χ1v) is 10.9. The molecule has 7 heteroatoms. The molecule has 0 aliphatic carbocycles. The van der Waals surface area contributed by atoms with E-state index in [2.05, 4.69) is 39.9 Å². The van der Waals surface area contributed by atoms with Gasteiger partial charge in [0.05, 0.1) is 19.8 Å². The number of aryl methyl sites for hydroxylation is 1. The molecule has 2 fully saturated rings. The topological polar surface area (TPSA) is 63.3 Å². The molecule has 0 amide bonds. The van der Waals surface area contributed by atoms with Crippen molar-refractivity contribution in [1.82, 2.24) is 4.90 Å². The number of guanidine groups is 1. The molecule has 166 valence electrons. The highest BCUT2D eigenvalue weighted by molar-refractivity contribution is 5.78. The van der Waals surface area contributed by atoms with Gasteiger partial charge in [0.25, 0.3) is 0 Å². The molecule has 0 aromatic heterocycles. The summed E-state index contributed by atoms with van der Waals surface area (Å²) in [4.78, 5) is 8.98. The van der Waals surface area contributed by atoms with E-state index in [1.165, 1.54) is 12.1 Å². The van der Waals surface area contributed by atoms with Crippen molar-refractivity contribution in [1.29, 1.82) is 0 Å². The van der Waals surface area contributed by atoms with Crippen molar-refractivity contribution < 1.29 is 13.9 Å². The average Bonchev–Trinajstić information content (AvgIpc) is 3.31. The van der Waals surface area contributed by atoms with Gasteiger partial charge >= 0.3 is 0 Å². The van der Waals surface area contributed by atoms with Crippen LogP contribution in [0.3, 0.4) is 0 Å². The largest absolute Gasteiger partial charge is 0.493 e. The number of aliphatic imine (C=N–C) groups is 1. The van der Waals surface area contributed by atoms with Crippen LogP contribution in [0, 0.1) is 18.7 Å². The molecule has 1 atom stereocenters. The van der Waals surface area contributed by atoms with Crippen LogP contribution in [0.5, 0.6) is 5.75 Å². The number of halogens is 1. The summed E-state index contributed by atoms with van der Waals surface area (Å²) in [6, 6.07) is 12.8. The second kappa shape index (κ2) is 10.0. The minimum absolute atomic E-state index is 0.213. The van der Waals surface area contributed by atoms with E-state index >= 15 is 0 Å². The maximum Gasteiger partial charge on any atom is 0.191 e. The lowest BCUT2D eigenvalue weighted by Gasteiger charge is -2.36. The van der Waals surface area contributed by atoms with Gasteiger partial charge in [-0.25, -0.2) is 9.38 Å². The van der Waals surface area contributed by atoms with E-state index in [9.17, 15) is 4.39 Å². The number of anilines is 1. The van der Waals surface area contributed by atoms with E-state index in [-0.39, 0.29) is 5.82 Å². The van der Waals surface area contributed by atoms with E-state index in [0.717, 1.165) is 68.4 Å². The summed E-state index contributed by atoms with van der Waals surface area (Å²) in [6.45, 7) is 8.03. The summed E-state index contributed by atoms with van der Waals surface area (Å²) in [7, 11) is 0. The van der Waals surface area contributed by atoms with Crippen LogP contribution in [-0.2, 0) is 11.3 Å². The Bertz CT molecular complexity index is 889. The van der Waals surface area contributed by atoms with Crippen LogP contribution in [-0.4, -0.2) is 56.9 Å². The van der Waals surface area contributed by atoms with Crippen LogP contribution >= 0.6 is 0 Å². The van der Waals surface area contributed by atoms with Gasteiger partial charge in [0.1, 0.15) is 11.6 Å². The highest BCUT2D eigenvalue weighted by Gasteiger charge is 2.19. The molecule has 4 rings (SSSR count). The quantitative estimate of drug-likeness (QED) is 0.568. The highest BCUT2D eigenvalue weighted by Crippen LogP contribution is 2.24. The summed E-state index contributed by atoms with van der Waals surface area (Å²) in [5.74, 6) is 1.67. The van der Waals surface area contributed by atoms with Crippen LogP contribution in [0.25, 0.3) is 0 Å². The third-order valence-electron chi connectivity index (χ3n) is 5.93. The fourth-order valence-electron chi connectivity index (χ4n) is 3.96. The molecule has 6 nitrogen and oxygen atoms in total. The van der Waals surface area contributed by atoms with Crippen molar-refractivity contribution in [3.63, 3.8) is 0 Å². The monoisotopic (exact) mass is 426 g/mol. The molecule has 2 heterocycles. The zero-order valence-corrected chi connectivity index (χ0v) is 18.1. The summed E-state index contributed by atoms with van der Waals surface area (Å²) < 4.78 is 24.7. The van der Waals surface area contributed by atoms with Crippen molar-refractivity contribution in [3.8, 4) is 5.75 Å². The van der Waals surface area contributed by atoms with Crippen LogP contribution in [0.1, 0.15) is 17.5 Å². The van der Waals surface area contributed by atoms with Gasteiger partial charge in [0, 0.05) is 50.0 Å². The first-order chi connectivity index (χ1) is 15.1. The summed E-state index contributed by atoms with van der Waals surface area (Å²) in [5.41, 5.74) is 9.54. The van der Waals surface area contributed by atoms with E-state index in [1.807, 2.05) is 12.1 Å². The normalized spacial score (nSPS) is 19.7. The number of benzene rings is 2. The number of nitrogens with two attached hydrogens (primary N) is 1. The van der Waals surface area contributed by atoms with Gasteiger partial charge in [-0.2, -0.15) is 0 Å². The summed E-state index contributed by atoms with van der Waals surface area (Å²) >= 11 is 0. The van der Waals surface area contributed by atoms with Crippen molar-refractivity contribution in [2.45, 2.75) is 19.9 Å². The van der Waals surface area contributed by atoms with Gasteiger partial charge in [-0.1, -0.05) is 12.1 Å². The predicted molar refractivity (Wildman–Crippen MR) is 121 cm³/mol. The lowest BCUT2D eigenvalue weighted by atomic mass is 10.1. The van der Waals surface area contributed by atoms with E-state index in [4.69, 9.17) is 15.2 Å². The highest BCUT2D eigenvalue weighted by atomic mass is 19.1. The fraction of sp³-hybridized carbons (Fsp3) is 0.458. The lowest BCUT2D eigenvalue weighted by Crippen LogP contribution is -2.51. The number of ether oxygens (including phenoxy) is 2. The fourth-order valence-corrected chi connectivity index (χ4v) is 3.96. The molecule has 2 aliphatic rings. The van der Waals surface area contributed by atoms with Gasteiger partial charge in [-0.15, -0.1) is 0 Å². The van der Waals surface area contributed by atoms with Gasteiger partial charge in [0.2, 0.25) is 0 Å². The molecule has 1 unspecified atom stereocenters. The average molecular weight is 427 g/mol. The number of nitrogens with zero attached hydrogens (tertiary/aromatic N) is 3. The SMILES string of the molecule is Cc1ccc(CN=C(N)N2CCN(c3ccc(F)cc3)CC2)c(OCC2CCOC2)c1. The standard InChI is InChI=1S/C24H31FN4O2/c1-18-2-3-20(23(14-18)31-17-19-8-13-30-16-19)15-27-24(26)29-11-9-28(10-12-29)22-6-4-21(25)5-7-22/h2-7,14,19H,8-13,15-17H2,1H3,(H2,26,27). The Morgan fingerprint density at radius 2 is 1.94 bits per heavy atom. The summed E-state index contributed by atoms with van der Waals surface area (Å²) in [5, 5.41) is 0. The number of hydrogen-bond donors (Lipinski definition) is 1. The molecular weight excluding hydrogens is 395 g/mol. The first-order valence-electron chi connectivity index (χ1n) is 10.9. The molecule has 0 bridgehead atoms. The van der Waals surface area contributed by atoms with Crippen LogP contribution in [0.4, 0.5) is 10.1 Å². The molecular formula is C24H31FN4O2. The molecule has 2 N–H and O–H groups in total. The number of piperazine rings is 1. The van der Waals surface area contributed by atoms with Crippen molar-refractivity contribution in [3.05, 3.63) is 59.4 Å². The molecule has 2 saturated heterocycles. The molecule has 0 radical (unpaired) electrons. The van der Waals surface area contributed by atoms with Crippen molar-refractivity contribution in [2.75, 3.05) is 50.9 Å². The van der Waals surface area contributed by atoms with Crippen LogP contribution in [0.2, 0.25) is 0 Å². The molecule has 0 spiro atoms. The minimum Gasteiger partial charge on any atom is -0.493 e. The number of rotatable bonds is 6. The van der Waals surface area contributed by atoms with E-state index < -0.39 is 0 Å². The maximum atomic E-state index is 13.2. The Labute approximate surface area is 183 Å². The van der Waals surface area contributed by atoms with Crippen molar-refractivity contribution in [2.24, 2.45) is 16.6 Å². The van der Waals surface area contributed by atoms with Gasteiger partial charge in [0.15, 0.2) is 5.96 Å². The van der Waals surface area contributed by atoms with Gasteiger partial charge in [-0.3, -0.25) is 0 Å². The Hall–Kier alpha value is -2.80. The Morgan fingerprint density at radius 3 is 2.65 bits per heavy atom. The Balaban J connectivity index is 1.33. The first kappa shape index (κ1) is 21.4. The third-order valence-corrected chi connectivity index (χ3v) is 5.93. The van der Waals surface area contributed by atoms with Gasteiger partial charge in [-0.05, 0) is 49.2 Å². The third kappa shape index (κ3) is 5.67. The minimum atomic E-state index is -0.213. The molecule has 2 aromatic carbocycles. The smallest absolute Gasteiger partial charge is 0.191 e. The molecule has 2 aromatic rings. The zero-order valence-electron chi connectivity index (χ0n) is 18.1.